The lowest BCUT2D eigenvalue weighted by Crippen LogP contribution is -2.32. The summed E-state index contributed by atoms with van der Waals surface area (Å²) < 4.78 is 5.56. The van der Waals surface area contributed by atoms with Crippen LogP contribution in [-0.2, 0) is 4.84 Å². The number of furan rings is 1. The van der Waals surface area contributed by atoms with Gasteiger partial charge in [0.05, 0.1) is 12.3 Å². The molecule has 1 aliphatic heterocycles. The molecule has 5 nitrogen and oxygen atoms in total. The van der Waals surface area contributed by atoms with Gasteiger partial charge in [-0.15, -0.1) is 0 Å². The Morgan fingerprint density at radius 3 is 3.05 bits per heavy atom. The quantitative estimate of drug-likeness (QED) is 0.939. The van der Waals surface area contributed by atoms with Crippen LogP contribution in [0.5, 0.6) is 0 Å². The molecule has 1 N–H and O–H groups in total. The lowest BCUT2D eigenvalue weighted by Gasteiger charge is -2.08. The summed E-state index contributed by atoms with van der Waals surface area (Å²) in [6, 6.07) is 7.60. The summed E-state index contributed by atoms with van der Waals surface area (Å²) in [7, 11) is 0. The molecule has 0 aliphatic carbocycles. The molecule has 1 amide bonds. The van der Waals surface area contributed by atoms with Gasteiger partial charge in [-0.05, 0) is 31.5 Å². The maximum atomic E-state index is 12.1. The Bertz CT molecular complexity index is 703. The predicted octanol–water partition coefficient (Wildman–Crippen LogP) is 3.03. The molecule has 110 valence electrons. The third-order valence-electron chi connectivity index (χ3n) is 3.59. The molecule has 0 fully saturated rings. The topological polar surface area (TPSA) is 63.8 Å². The number of aryl methyl sites for hydroxylation is 1. The fourth-order valence-corrected chi connectivity index (χ4v) is 2.37. The van der Waals surface area contributed by atoms with Gasteiger partial charge in [0, 0.05) is 11.8 Å². The molecule has 21 heavy (non-hydrogen) atoms. The molecule has 1 aliphatic rings. The number of oxime groups is 1. The van der Waals surface area contributed by atoms with Crippen molar-refractivity contribution >= 4 is 22.6 Å². The summed E-state index contributed by atoms with van der Waals surface area (Å²) >= 11 is 0. The number of carbonyl (C=O) groups is 1. The summed E-state index contributed by atoms with van der Waals surface area (Å²) in [5.74, 6) is 0.0997. The fourth-order valence-electron chi connectivity index (χ4n) is 2.37. The van der Waals surface area contributed by atoms with Gasteiger partial charge < -0.3 is 14.6 Å². The normalized spacial score (nSPS) is 17.6. The first-order chi connectivity index (χ1) is 10.2. The number of hydrogen-bond acceptors (Lipinski definition) is 4. The molecule has 1 atom stereocenters. The minimum Gasteiger partial charge on any atom is -0.451 e. The third-order valence-corrected chi connectivity index (χ3v) is 3.59. The number of carbonyl (C=O) groups excluding carboxylic acids is 1. The van der Waals surface area contributed by atoms with Gasteiger partial charge in [0.2, 0.25) is 0 Å². The van der Waals surface area contributed by atoms with E-state index < -0.39 is 0 Å². The number of nitrogens with one attached hydrogen (secondary N) is 1. The summed E-state index contributed by atoms with van der Waals surface area (Å²) in [6.07, 6.45) is 1.58. The number of rotatable bonds is 4. The average Bonchev–Trinajstić information content (AvgIpc) is 3.10. The van der Waals surface area contributed by atoms with Gasteiger partial charge in [0.1, 0.15) is 11.7 Å². The summed E-state index contributed by atoms with van der Waals surface area (Å²) in [5.41, 5.74) is 2.90. The largest absolute Gasteiger partial charge is 0.451 e. The molecule has 1 aromatic heterocycles. The van der Waals surface area contributed by atoms with Crippen LogP contribution in [0.25, 0.3) is 11.0 Å². The number of hydrogen-bond donors (Lipinski definition) is 1. The van der Waals surface area contributed by atoms with Gasteiger partial charge in [-0.3, -0.25) is 4.79 Å². The van der Waals surface area contributed by atoms with Crippen LogP contribution in [-0.4, -0.2) is 24.3 Å². The molecule has 1 aromatic carbocycles. The highest BCUT2D eigenvalue weighted by atomic mass is 16.6. The second-order valence-electron chi connectivity index (χ2n) is 5.30. The standard InChI is InChI=1S/C16H18N2O3/c1-3-12-8-13(21-18-12)9-17-16(19)15-7-11-6-10(2)4-5-14(11)20-15/h4-7,13H,3,8-9H2,1-2H3,(H,17,19)/t13-/m0/s1. The second kappa shape index (κ2) is 5.60. The van der Waals surface area contributed by atoms with Gasteiger partial charge in [-0.2, -0.15) is 0 Å². The van der Waals surface area contributed by atoms with E-state index in [0.29, 0.717) is 12.3 Å². The monoisotopic (exact) mass is 286 g/mol. The Labute approximate surface area is 122 Å². The molecule has 0 saturated heterocycles. The van der Waals surface area contributed by atoms with Crippen molar-refractivity contribution in [2.45, 2.75) is 32.8 Å². The van der Waals surface area contributed by atoms with E-state index in [9.17, 15) is 4.79 Å². The number of nitrogens with zero attached hydrogens (tertiary/aromatic N) is 1. The summed E-state index contributed by atoms with van der Waals surface area (Å²) in [6.45, 7) is 4.48. The second-order valence-corrected chi connectivity index (χ2v) is 5.30. The van der Waals surface area contributed by atoms with E-state index in [-0.39, 0.29) is 12.0 Å². The van der Waals surface area contributed by atoms with Gasteiger partial charge in [0.15, 0.2) is 5.76 Å². The van der Waals surface area contributed by atoms with E-state index in [4.69, 9.17) is 9.25 Å². The van der Waals surface area contributed by atoms with Gasteiger partial charge in [-0.25, -0.2) is 0 Å². The molecular formula is C16H18N2O3. The van der Waals surface area contributed by atoms with Crippen molar-refractivity contribution in [2.24, 2.45) is 5.16 Å². The molecule has 0 spiro atoms. The Morgan fingerprint density at radius 1 is 1.43 bits per heavy atom. The predicted molar refractivity (Wildman–Crippen MR) is 80.5 cm³/mol. The van der Waals surface area contributed by atoms with Crippen LogP contribution in [0.2, 0.25) is 0 Å². The fraction of sp³-hybridized carbons (Fsp3) is 0.375. The van der Waals surface area contributed by atoms with Crippen molar-refractivity contribution in [2.75, 3.05) is 6.54 Å². The van der Waals surface area contributed by atoms with E-state index in [0.717, 1.165) is 35.1 Å². The molecule has 0 bridgehead atoms. The van der Waals surface area contributed by atoms with Crippen LogP contribution in [0.15, 0.2) is 33.8 Å². The van der Waals surface area contributed by atoms with Crippen molar-refractivity contribution in [1.29, 1.82) is 0 Å². The van der Waals surface area contributed by atoms with Crippen molar-refractivity contribution in [3.63, 3.8) is 0 Å². The Morgan fingerprint density at radius 2 is 2.29 bits per heavy atom. The maximum Gasteiger partial charge on any atom is 0.287 e. The molecule has 0 unspecified atom stereocenters. The van der Waals surface area contributed by atoms with E-state index in [1.165, 1.54) is 0 Å². The Balaban J connectivity index is 1.62. The van der Waals surface area contributed by atoms with Crippen molar-refractivity contribution in [3.05, 3.63) is 35.6 Å². The first-order valence-corrected chi connectivity index (χ1v) is 7.15. The molecular weight excluding hydrogens is 268 g/mol. The smallest absolute Gasteiger partial charge is 0.287 e. The molecule has 0 radical (unpaired) electrons. The molecule has 2 aromatic rings. The van der Waals surface area contributed by atoms with Crippen LogP contribution in [0.4, 0.5) is 0 Å². The average molecular weight is 286 g/mol. The highest BCUT2D eigenvalue weighted by molar-refractivity contribution is 5.96. The van der Waals surface area contributed by atoms with Crippen LogP contribution in [0, 0.1) is 6.92 Å². The molecule has 2 heterocycles. The number of fused-ring (bicyclic) bond motifs is 1. The SMILES string of the molecule is CCC1=NO[C@H](CNC(=O)c2cc3cc(C)ccc3o2)C1. The highest BCUT2D eigenvalue weighted by Gasteiger charge is 2.21. The zero-order valence-electron chi connectivity index (χ0n) is 12.2. The van der Waals surface area contributed by atoms with Gasteiger partial charge >= 0.3 is 0 Å². The Kier molecular flexibility index (Phi) is 3.64. The number of benzene rings is 1. The molecule has 0 saturated carbocycles. The van der Waals surface area contributed by atoms with Gasteiger partial charge in [-0.1, -0.05) is 23.7 Å². The van der Waals surface area contributed by atoms with Crippen LogP contribution >= 0.6 is 0 Å². The van der Waals surface area contributed by atoms with Crippen LogP contribution in [0.1, 0.15) is 35.9 Å². The van der Waals surface area contributed by atoms with E-state index in [2.05, 4.69) is 10.5 Å². The third kappa shape index (κ3) is 2.91. The van der Waals surface area contributed by atoms with Crippen molar-refractivity contribution in [1.82, 2.24) is 5.32 Å². The molecule has 5 heteroatoms. The minimum atomic E-state index is -0.225. The lowest BCUT2D eigenvalue weighted by molar-refractivity contribution is 0.0741. The van der Waals surface area contributed by atoms with Crippen LogP contribution in [0.3, 0.4) is 0 Å². The zero-order chi connectivity index (χ0) is 14.8. The van der Waals surface area contributed by atoms with Gasteiger partial charge in [0.25, 0.3) is 5.91 Å². The minimum absolute atomic E-state index is 0.0736. The van der Waals surface area contributed by atoms with Crippen molar-refractivity contribution in [3.8, 4) is 0 Å². The number of amides is 1. The van der Waals surface area contributed by atoms with E-state index in [1.807, 2.05) is 32.0 Å². The Hall–Kier alpha value is -2.30. The molecule has 3 rings (SSSR count). The van der Waals surface area contributed by atoms with E-state index >= 15 is 0 Å². The first-order valence-electron chi connectivity index (χ1n) is 7.15. The van der Waals surface area contributed by atoms with Crippen LogP contribution < -0.4 is 5.32 Å². The highest BCUT2D eigenvalue weighted by Crippen LogP contribution is 2.20. The lowest BCUT2D eigenvalue weighted by atomic mass is 10.1. The van der Waals surface area contributed by atoms with E-state index in [1.54, 1.807) is 6.07 Å². The summed E-state index contributed by atoms with van der Waals surface area (Å²) in [5, 5.41) is 7.74. The van der Waals surface area contributed by atoms with Crippen molar-refractivity contribution < 1.29 is 14.0 Å². The maximum absolute atomic E-state index is 12.1. The summed E-state index contributed by atoms with van der Waals surface area (Å²) in [4.78, 5) is 17.4. The first kappa shape index (κ1) is 13.7. The zero-order valence-corrected chi connectivity index (χ0v) is 12.2.